The van der Waals surface area contributed by atoms with Crippen LogP contribution in [0.3, 0.4) is 0 Å². The fourth-order valence-electron chi connectivity index (χ4n) is 2.30. The molecule has 1 fully saturated rings. The van der Waals surface area contributed by atoms with Crippen LogP contribution >= 0.6 is 0 Å². The first kappa shape index (κ1) is 18.9. The number of nitrogens with zero attached hydrogens (tertiary/aromatic N) is 1. The number of carbonyl (C=O) groups is 2. The second kappa shape index (κ2) is 9.77. The van der Waals surface area contributed by atoms with E-state index in [1.807, 2.05) is 24.3 Å². The van der Waals surface area contributed by atoms with Crippen LogP contribution in [0.2, 0.25) is 0 Å². The van der Waals surface area contributed by atoms with Gasteiger partial charge in [0.25, 0.3) is 0 Å². The molecule has 1 N–H and O–H groups in total. The van der Waals surface area contributed by atoms with Gasteiger partial charge in [0.05, 0.1) is 46.1 Å². The second-order valence-electron chi connectivity index (χ2n) is 5.29. The molecule has 1 aliphatic rings. The summed E-state index contributed by atoms with van der Waals surface area (Å²) in [4.78, 5) is 26.9. The number of carboxylic acids is 1. The summed E-state index contributed by atoms with van der Waals surface area (Å²) in [5.74, 6) is -1.19. The van der Waals surface area contributed by atoms with Crippen molar-refractivity contribution >= 4 is 11.9 Å². The SMILES string of the molecule is COc1ccccc1COCC1CN(OC(=O)/C=C\C(=O)O)CCO1. The molecule has 1 atom stereocenters. The van der Waals surface area contributed by atoms with Crippen LogP contribution in [0.4, 0.5) is 0 Å². The van der Waals surface area contributed by atoms with E-state index in [1.54, 1.807) is 7.11 Å². The van der Waals surface area contributed by atoms with Gasteiger partial charge in [-0.15, -0.1) is 5.06 Å². The van der Waals surface area contributed by atoms with E-state index >= 15 is 0 Å². The first-order valence-electron chi connectivity index (χ1n) is 7.77. The van der Waals surface area contributed by atoms with Crippen molar-refractivity contribution in [2.45, 2.75) is 12.7 Å². The molecule has 1 aromatic carbocycles. The Hall–Kier alpha value is -2.42. The lowest BCUT2D eigenvalue weighted by Crippen LogP contribution is -2.45. The highest BCUT2D eigenvalue weighted by molar-refractivity contribution is 5.90. The van der Waals surface area contributed by atoms with Crippen molar-refractivity contribution in [2.24, 2.45) is 0 Å². The summed E-state index contributed by atoms with van der Waals surface area (Å²) in [7, 11) is 1.61. The molecule has 1 aromatic rings. The van der Waals surface area contributed by atoms with Crippen molar-refractivity contribution < 1.29 is 33.7 Å². The van der Waals surface area contributed by atoms with Crippen LogP contribution in [0.15, 0.2) is 36.4 Å². The molecule has 1 unspecified atom stereocenters. The number of hydrogen-bond donors (Lipinski definition) is 1. The highest BCUT2D eigenvalue weighted by Gasteiger charge is 2.23. The molecule has 0 bridgehead atoms. The van der Waals surface area contributed by atoms with Gasteiger partial charge in [0.15, 0.2) is 0 Å². The van der Waals surface area contributed by atoms with Crippen LogP contribution in [0.1, 0.15) is 5.56 Å². The molecule has 0 radical (unpaired) electrons. The number of carbonyl (C=O) groups excluding carboxylic acids is 1. The predicted molar refractivity (Wildman–Crippen MR) is 86.8 cm³/mol. The van der Waals surface area contributed by atoms with Gasteiger partial charge in [-0.2, -0.15) is 0 Å². The van der Waals surface area contributed by atoms with Crippen LogP contribution in [0.5, 0.6) is 5.75 Å². The minimum Gasteiger partial charge on any atom is -0.496 e. The molecule has 0 aromatic heterocycles. The zero-order valence-corrected chi connectivity index (χ0v) is 13.9. The maximum atomic E-state index is 11.5. The normalized spacial score (nSPS) is 18.2. The zero-order valence-electron chi connectivity index (χ0n) is 13.9. The second-order valence-corrected chi connectivity index (χ2v) is 5.29. The molecule has 1 heterocycles. The van der Waals surface area contributed by atoms with E-state index in [0.717, 1.165) is 23.5 Å². The number of hydrogen-bond acceptors (Lipinski definition) is 7. The fourth-order valence-corrected chi connectivity index (χ4v) is 2.30. The minimum absolute atomic E-state index is 0.250. The van der Waals surface area contributed by atoms with Crippen molar-refractivity contribution in [3.8, 4) is 5.75 Å². The summed E-state index contributed by atoms with van der Waals surface area (Å²) in [6, 6.07) is 7.58. The lowest BCUT2D eigenvalue weighted by molar-refractivity contribution is -0.214. The maximum Gasteiger partial charge on any atom is 0.349 e. The van der Waals surface area contributed by atoms with Crippen molar-refractivity contribution in [3.63, 3.8) is 0 Å². The third-order valence-corrected chi connectivity index (χ3v) is 3.44. The van der Waals surface area contributed by atoms with E-state index in [-0.39, 0.29) is 6.10 Å². The first-order chi connectivity index (χ1) is 12.1. The van der Waals surface area contributed by atoms with Crippen LogP contribution in [-0.4, -0.2) is 61.6 Å². The number of carboxylic acid groups (broad SMARTS) is 1. The van der Waals surface area contributed by atoms with Crippen LogP contribution in [0.25, 0.3) is 0 Å². The molecule has 1 saturated heterocycles. The summed E-state index contributed by atoms with van der Waals surface area (Å²) < 4.78 is 16.5. The third kappa shape index (κ3) is 6.54. The molecule has 0 saturated carbocycles. The van der Waals surface area contributed by atoms with Gasteiger partial charge in [-0.3, -0.25) is 0 Å². The number of ether oxygens (including phenoxy) is 3. The lowest BCUT2D eigenvalue weighted by Gasteiger charge is -2.30. The third-order valence-electron chi connectivity index (χ3n) is 3.44. The van der Waals surface area contributed by atoms with Crippen molar-refractivity contribution in [1.29, 1.82) is 0 Å². The molecule has 25 heavy (non-hydrogen) atoms. The number of benzene rings is 1. The number of morpholine rings is 1. The Morgan fingerprint density at radius 3 is 2.92 bits per heavy atom. The Morgan fingerprint density at radius 2 is 2.16 bits per heavy atom. The summed E-state index contributed by atoms with van der Waals surface area (Å²) in [5, 5.41) is 9.92. The van der Waals surface area contributed by atoms with E-state index < -0.39 is 11.9 Å². The quantitative estimate of drug-likeness (QED) is 0.694. The van der Waals surface area contributed by atoms with Gasteiger partial charge in [0.1, 0.15) is 5.75 Å². The average Bonchev–Trinajstić information content (AvgIpc) is 2.61. The van der Waals surface area contributed by atoms with E-state index in [1.165, 1.54) is 5.06 Å². The smallest absolute Gasteiger partial charge is 0.349 e. The molecule has 8 heteroatoms. The van der Waals surface area contributed by atoms with Crippen molar-refractivity contribution in [3.05, 3.63) is 42.0 Å². The van der Waals surface area contributed by atoms with Gasteiger partial charge in [-0.05, 0) is 6.07 Å². The molecule has 0 aliphatic carbocycles. The molecule has 0 spiro atoms. The summed E-state index contributed by atoms with van der Waals surface area (Å²) in [6.07, 6.45) is 1.35. The Labute approximate surface area is 145 Å². The summed E-state index contributed by atoms with van der Waals surface area (Å²) in [5.41, 5.74) is 0.933. The van der Waals surface area contributed by atoms with Crippen LogP contribution < -0.4 is 4.74 Å². The molecular weight excluding hydrogens is 330 g/mol. The number of aliphatic carboxylic acids is 1. The molecular formula is C17H21NO7. The van der Waals surface area contributed by atoms with Gasteiger partial charge in [0, 0.05) is 17.7 Å². The fraction of sp³-hybridized carbons (Fsp3) is 0.412. The number of hydroxylamine groups is 2. The lowest BCUT2D eigenvalue weighted by atomic mass is 10.2. The van der Waals surface area contributed by atoms with Crippen molar-refractivity contribution in [2.75, 3.05) is 33.4 Å². The summed E-state index contributed by atoms with van der Waals surface area (Å²) in [6.45, 7) is 1.86. The van der Waals surface area contributed by atoms with Crippen LogP contribution in [-0.2, 0) is 30.5 Å². The van der Waals surface area contributed by atoms with Gasteiger partial charge < -0.3 is 24.2 Å². The van der Waals surface area contributed by atoms with Gasteiger partial charge in [-0.25, -0.2) is 9.59 Å². The summed E-state index contributed by atoms with van der Waals surface area (Å²) >= 11 is 0. The zero-order chi connectivity index (χ0) is 18.1. The Morgan fingerprint density at radius 1 is 1.36 bits per heavy atom. The number of rotatable bonds is 8. The topological polar surface area (TPSA) is 94.5 Å². The monoisotopic (exact) mass is 351 g/mol. The average molecular weight is 351 g/mol. The standard InChI is InChI=1S/C17H21NO7/c1-22-15-5-3-2-4-13(15)11-23-12-14-10-18(8-9-24-14)25-17(21)7-6-16(19)20/h2-7,14H,8-12H2,1H3,(H,19,20)/b7-6-. The van der Waals surface area contributed by atoms with Gasteiger partial charge in [0.2, 0.25) is 0 Å². The van der Waals surface area contributed by atoms with E-state index in [4.69, 9.17) is 24.2 Å². The number of para-hydroxylation sites is 1. The molecule has 1 aliphatic heterocycles. The van der Waals surface area contributed by atoms with E-state index in [9.17, 15) is 9.59 Å². The minimum atomic E-state index is -1.21. The highest BCUT2D eigenvalue weighted by atomic mass is 16.7. The van der Waals surface area contributed by atoms with Crippen molar-refractivity contribution in [1.82, 2.24) is 5.06 Å². The molecule has 2 rings (SSSR count). The molecule has 8 nitrogen and oxygen atoms in total. The predicted octanol–water partition coefficient (Wildman–Crippen LogP) is 1.01. The van der Waals surface area contributed by atoms with Crippen LogP contribution in [0, 0.1) is 0 Å². The van der Waals surface area contributed by atoms with E-state index in [2.05, 4.69) is 0 Å². The Balaban J connectivity index is 1.75. The first-order valence-corrected chi connectivity index (χ1v) is 7.77. The largest absolute Gasteiger partial charge is 0.496 e. The van der Waals surface area contributed by atoms with Gasteiger partial charge in [-0.1, -0.05) is 18.2 Å². The molecule has 136 valence electrons. The van der Waals surface area contributed by atoms with Gasteiger partial charge >= 0.3 is 11.9 Å². The Kier molecular flexibility index (Phi) is 7.39. The van der Waals surface area contributed by atoms with E-state index in [0.29, 0.717) is 32.9 Å². The highest BCUT2D eigenvalue weighted by Crippen LogP contribution is 2.18. The Bertz CT molecular complexity index is 617. The number of methoxy groups -OCH3 is 1. The molecule has 0 amide bonds. The maximum absolute atomic E-state index is 11.5.